The van der Waals surface area contributed by atoms with E-state index in [-0.39, 0.29) is 5.69 Å². The molecule has 2 rings (SSSR count). The maximum Gasteiger partial charge on any atom is 0.356 e. The number of carboxylic acid groups (broad SMARTS) is 3. The number of rotatable bonds is 6. The molecule has 154 valence electrons. The van der Waals surface area contributed by atoms with Crippen LogP contribution in [-0.4, -0.2) is 49.9 Å². The van der Waals surface area contributed by atoms with Crippen molar-refractivity contribution in [2.75, 3.05) is 0 Å². The fraction of sp³-hybridized carbons (Fsp3) is 0.300. The van der Waals surface area contributed by atoms with E-state index in [0.29, 0.717) is 11.1 Å². The quantitative estimate of drug-likeness (QED) is 0.625. The zero-order valence-corrected chi connectivity index (χ0v) is 16.6. The molecule has 0 saturated carbocycles. The molecule has 0 unspecified atom stereocenters. The number of hydrogen-bond acceptors (Lipinski definition) is 5. The first-order valence-corrected chi connectivity index (χ1v) is 8.66. The van der Waals surface area contributed by atoms with Crippen molar-refractivity contribution in [2.45, 2.75) is 40.7 Å². The summed E-state index contributed by atoms with van der Waals surface area (Å²) in [4.78, 5) is 48.5. The van der Waals surface area contributed by atoms with E-state index >= 15 is 0 Å². The molecule has 0 aliphatic carbocycles. The van der Waals surface area contributed by atoms with Gasteiger partial charge in [-0.2, -0.15) is 0 Å². The third kappa shape index (κ3) is 3.84. The topological polar surface area (TPSA) is 143 Å². The Balaban J connectivity index is 3.15. The Morgan fingerprint density at radius 2 is 1.28 bits per heavy atom. The molecule has 0 saturated heterocycles. The molecule has 9 heteroatoms. The average Bonchev–Trinajstić information content (AvgIpc) is 2.89. The third-order valence-electron chi connectivity index (χ3n) is 4.20. The molecule has 0 spiro atoms. The number of esters is 1. The van der Waals surface area contributed by atoms with Gasteiger partial charge in [0.15, 0.2) is 0 Å². The van der Waals surface area contributed by atoms with Gasteiger partial charge in [-0.3, -0.25) is 4.57 Å². The highest BCUT2D eigenvalue weighted by Crippen LogP contribution is 2.32. The number of aryl methyl sites for hydroxylation is 3. The molecule has 9 nitrogen and oxygen atoms in total. The van der Waals surface area contributed by atoms with E-state index in [1.54, 1.807) is 26.0 Å². The Bertz CT molecular complexity index is 1020. The lowest BCUT2D eigenvalue weighted by Gasteiger charge is -2.18. The smallest absolute Gasteiger partial charge is 0.356 e. The molecule has 1 heterocycles. The molecular weight excluding hydrogens is 382 g/mol. The first-order valence-electron chi connectivity index (χ1n) is 8.66. The molecule has 1 aromatic carbocycles. The molecule has 1 aromatic heterocycles. The van der Waals surface area contributed by atoms with Crippen LogP contribution in [0.3, 0.4) is 0 Å². The van der Waals surface area contributed by atoms with Crippen molar-refractivity contribution in [1.29, 1.82) is 0 Å². The van der Waals surface area contributed by atoms with Gasteiger partial charge in [-0.05, 0) is 45.7 Å². The summed E-state index contributed by atoms with van der Waals surface area (Å²) < 4.78 is 5.98. The van der Waals surface area contributed by atoms with E-state index in [0.717, 1.165) is 10.1 Å². The van der Waals surface area contributed by atoms with Crippen molar-refractivity contribution >= 4 is 23.9 Å². The van der Waals surface area contributed by atoms with E-state index in [9.17, 15) is 34.5 Å². The largest absolute Gasteiger partial charge is 0.478 e. The Hall–Kier alpha value is -3.62. The van der Waals surface area contributed by atoms with Crippen LogP contribution in [0.25, 0.3) is 5.69 Å². The SMILES string of the molecule is Cc1cc(C)c(-n2c(C(=O)O)c(C(=O)O)c(C(=O)O)c2C(=O)OC(C)C)c(C)c1. The molecule has 3 N–H and O–H groups in total. The molecule has 0 aliphatic rings. The van der Waals surface area contributed by atoms with Crippen LogP contribution in [-0.2, 0) is 4.74 Å². The molecular formula is C20H21NO8. The Kier molecular flexibility index (Phi) is 5.82. The van der Waals surface area contributed by atoms with Crippen molar-refractivity contribution in [3.8, 4) is 5.69 Å². The van der Waals surface area contributed by atoms with Gasteiger partial charge in [0.25, 0.3) is 0 Å². The number of nitrogens with zero attached hydrogens (tertiary/aromatic N) is 1. The van der Waals surface area contributed by atoms with Crippen LogP contribution in [0.5, 0.6) is 0 Å². The number of carbonyl (C=O) groups is 4. The molecule has 0 bridgehead atoms. The number of carboxylic acids is 3. The summed E-state index contributed by atoms with van der Waals surface area (Å²) in [5, 5.41) is 29.0. The highest BCUT2D eigenvalue weighted by Gasteiger charge is 2.39. The second kappa shape index (κ2) is 7.78. The number of aromatic carboxylic acids is 3. The number of hydrogen-bond donors (Lipinski definition) is 3. The van der Waals surface area contributed by atoms with Gasteiger partial charge in [-0.1, -0.05) is 17.7 Å². The zero-order valence-electron chi connectivity index (χ0n) is 16.6. The minimum absolute atomic E-state index is 0.207. The minimum Gasteiger partial charge on any atom is -0.478 e. The number of aromatic nitrogens is 1. The Morgan fingerprint density at radius 3 is 1.66 bits per heavy atom. The van der Waals surface area contributed by atoms with Crippen molar-refractivity contribution in [1.82, 2.24) is 4.57 Å². The second-order valence-electron chi connectivity index (χ2n) is 6.90. The molecule has 29 heavy (non-hydrogen) atoms. The highest BCUT2D eigenvalue weighted by atomic mass is 16.5. The Labute approximate surface area is 166 Å². The predicted octanol–water partition coefficient (Wildman–Crippen LogP) is 3.06. The average molecular weight is 403 g/mol. The first-order chi connectivity index (χ1) is 13.4. The lowest BCUT2D eigenvalue weighted by molar-refractivity contribution is 0.0361. The standard InChI is InChI=1S/C20H21NO8/c1-8(2)29-20(28)16-13(18(24)25)12(17(22)23)15(19(26)27)21(16)14-10(4)6-9(3)7-11(14)5/h6-8H,1-5H3,(H,22,23)(H,24,25)(H,26,27). The molecule has 0 atom stereocenters. The molecule has 0 aliphatic heterocycles. The summed E-state index contributed by atoms with van der Waals surface area (Å²) in [6, 6.07) is 3.43. The maximum absolute atomic E-state index is 12.8. The van der Waals surface area contributed by atoms with Crippen LogP contribution >= 0.6 is 0 Å². The summed E-state index contributed by atoms with van der Waals surface area (Å²) in [5.41, 5.74) is -1.27. The van der Waals surface area contributed by atoms with Gasteiger partial charge in [0, 0.05) is 0 Å². The maximum atomic E-state index is 12.8. The van der Waals surface area contributed by atoms with Gasteiger partial charge < -0.3 is 20.1 Å². The van der Waals surface area contributed by atoms with Crippen LogP contribution in [0.2, 0.25) is 0 Å². The van der Waals surface area contributed by atoms with Crippen LogP contribution in [0, 0.1) is 20.8 Å². The number of benzene rings is 1. The van der Waals surface area contributed by atoms with Crippen molar-refractivity contribution < 1.29 is 39.2 Å². The van der Waals surface area contributed by atoms with E-state index < -0.39 is 52.5 Å². The normalized spacial score (nSPS) is 10.8. The fourth-order valence-electron chi connectivity index (χ4n) is 3.40. The van der Waals surface area contributed by atoms with Gasteiger partial charge in [-0.25, -0.2) is 19.2 Å². The van der Waals surface area contributed by atoms with Crippen molar-refractivity contribution in [2.24, 2.45) is 0 Å². The van der Waals surface area contributed by atoms with Crippen LogP contribution in [0.4, 0.5) is 0 Å². The van der Waals surface area contributed by atoms with E-state index in [1.165, 1.54) is 13.8 Å². The summed E-state index contributed by atoms with van der Waals surface area (Å²) in [7, 11) is 0. The predicted molar refractivity (Wildman–Crippen MR) is 101 cm³/mol. The van der Waals surface area contributed by atoms with Crippen molar-refractivity contribution in [3.63, 3.8) is 0 Å². The van der Waals surface area contributed by atoms with Gasteiger partial charge >= 0.3 is 23.9 Å². The second-order valence-corrected chi connectivity index (χ2v) is 6.90. The first kappa shape index (κ1) is 21.7. The summed E-state index contributed by atoms with van der Waals surface area (Å²) in [6.07, 6.45) is -0.644. The number of carbonyl (C=O) groups excluding carboxylic acids is 1. The summed E-state index contributed by atoms with van der Waals surface area (Å²) in [5.74, 6) is -6.35. The lowest BCUT2D eigenvalue weighted by atomic mass is 10.0. The Morgan fingerprint density at radius 1 is 0.828 bits per heavy atom. The number of ether oxygens (including phenoxy) is 1. The fourth-order valence-corrected chi connectivity index (χ4v) is 3.40. The monoisotopic (exact) mass is 403 g/mol. The van der Waals surface area contributed by atoms with Gasteiger partial charge in [0.1, 0.15) is 22.5 Å². The van der Waals surface area contributed by atoms with Gasteiger partial charge in [0.05, 0.1) is 11.8 Å². The van der Waals surface area contributed by atoms with E-state index in [1.807, 2.05) is 6.92 Å². The molecule has 2 aromatic rings. The van der Waals surface area contributed by atoms with Gasteiger partial charge in [0.2, 0.25) is 0 Å². The van der Waals surface area contributed by atoms with E-state index in [2.05, 4.69) is 0 Å². The summed E-state index contributed by atoms with van der Waals surface area (Å²) >= 11 is 0. The molecule has 0 radical (unpaired) electrons. The molecule has 0 fully saturated rings. The van der Waals surface area contributed by atoms with Gasteiger partial charge in [-0.15, -0.1) is 0 Å². The van der Waals surface area contributed by atoms with E-state index in [4.69, 9.17) is 4.74 Å². The van der Waals surface area contributed by atoms with Crippen LogP contribution in [0.15, 0.2) is 12.1 Å². The molecule has 0 amide bonds. The third-order valence-corrected chi connectivity index (χ3v) is 4.20. The summed E-state index contributed by atoms with van der Waals surface area (Å²) in [6.45, 7) is 8.18. The zero-order chi connectivity index (χ0) is 22.2. The highest BCUT2D eigenvalue weighted by molar-refractivity contribution is 6.15. The van der Waals surface area contributed by atoms with Crippen LogP contribution in [0.1, 0.15) is 72.2 Å². The van der Waals surface area contributed by atoms with Crippen LogP contribution < -0.4 is 0 Å². The van der Waals surface area contributed by atoms with Crippen molar-refractivity contribution in [3.05, 3.63) is 51.3 Å². The lowest BCUT2D eigenvalue weighted by Crippen LogP contribution is -2.21. The minimum atomic E-state index is -1.78.